The molecule has 0 radical (unpaired) electrons. The van der Waals surface area contributed by atoms with Crippen LogP contribution in [0.15, 0.2) is 48.5 Å². The number of benzene rings is 2. The van der Waals surface area contributed by atoms with E-state index in [0.29, 0.717) is 48.1 Å². The second kappa shape index (κ2) is 10.8. The Balaban J connectivity index is 1.82. The van der Waals surface area contributed by atoms with Gasteiger partial charge in [-0.2, -0.15) is 0 Å². The predicted molar refractivity (Wildman–Crippen MR) is 136 cm³/mol. The van der Waals surface area contributed by atoms with Crippen molar-refractivity contribution < 1.29 is 20.1 Å². The Morgan fingerprint density at radius 3 is 2.24 bits per heavy atom. The Bertz CT molecular complexity index is 973. The molecule has 0 aromatic heterocycles. The van der Waals surface area contributed by atoms with E-state index in [4.69, 9.17) is 23.2 Å². The molecule has 3 atom stereocenters. The maximum absolute atomic E-state index is 11.7. The zero-order valence-corrected chi connectivity index (χ0v) is 21.4. The van der Waals surface area contributed by atoms with E-state index in [0.717, 1.165) is 5.56 Å². The molecule has 3 unspecified atom stereocenters. The lowest BCUT2D eigenvalue weighted by atomic mass is 9.73. The molecule has 1 heterocycles. The summed E-state index contributed by atoms with van der Waals surface area (Å²) in [5, 5.41) is 35.5. The van der Waals surface area contributed by atoms with Crippen LogP contribution >= 0.6 is 23.2 Å². The summed E-state index contributed by atoms with van der Waals surface area (Å²) >= 11 is 12.4. The van der Waals surface area contributed by atoms with Crippen LogP contribution in [-0.2, 0) is 5.60 Å². The van der Waals surface area contributed by atoms with Gasteiger partial charge in [0.25, 0.3) is 0 Å². The number of piperidine rings is 1. The number of hydrogen-bond acceptors (Lipinski definition) is 4. The topological polar surface area (TPSA) is 93.0 Å². The molecule has 0 saturated carbocycles. The average Bonchev–Trinajstić information content (AvgIpc) is 2.77. The molecule has 0 aliphatic carbocycles. The number of rotatable bonds is 7. The van der Waals surface area contributed by atoms with Gasteiger partial charge in [-0.15, -0.1) is 0 Å². The van der Waals surface area contributed by atoms with Gasteiger partial charge in [-0.25, -0.2) is 4.79 Å². The number of β-amino-alcohol motifs (C(OH)–C–C–N with tert-alkyl or cyclic N) is 1. The molecule has 1 aliphatic rings. The molecule has 0 bridgehead atoms. The van der Waals surface area contributed by atoms with Crippen LogP contribution in [0.25, 0.3) is 0 Å². The summed E-state index contributed by atoms with van der Waals surface area (Å²) in [6.45, 7) is 7.37. The highest BCUT2D eigenvalue weighted by atomic mass is 35.5. The van der Waals surface area contributed by atoms with Crippen LogP contribution in [0, 0.1) is 5.41 Å². The van der Waals surface area contributed by atoms with E-state index in [2.05, 4.69) is 10.2 Å². The Kier molecular flexibility index (Phi) is 8.53. The van der Waals surface area contributed by atoms with Gasteiger partial charge >= 0.3 is 6.09 Å². The largest absolute Gasteiger partial charge is 0.465 e. The normalized spacial score (nSPS) is 19.3. The van der Waals surface area contributed by atoms with Crippen LogP contribution in [0.4, 0.5) is 4.79 Å². The van der Waals surface area contributed by atoms with E-state index < -0.39 is 35.2 Å². The summed E-state index contributed by atoms with van der Waals surface area (Å²) < 4.78 is 0. The van der Waals surface area contributed by atoms with Gasteiger partial charge in [0.15, 0.2) is 0 Å². The molecule has 3 rings (SSSR count). The lowest BCUT2D eigenvalue weighted by Gasteiger charge is -2.43. The third-order valence-electron chi connectivity index (χ3n) is 6.75. The quantitative estimate of drug-likeness (QED) is 0.417. The number of halogens is 2. The van der Waals surface area contributed by atoms with Crippen molar-refractivity contribution in [3.05, 3.63) is 69.7 Å². The number of likely N-dealkylation sites (tertiary alicyclic amines) is 1. The molecule has 8 heteroatoms. The number of nitrogens with zero attached hydrogens (tertiary/aromatic N) is 1. The first-order chi connectivity index (χ1) is 15.9. The third-order valence-corrected chi connectivity index (χ3v) is 7.49. The molecule has 1 saturated heterocycles. The first-order valence-corrected chi connectivity index (χ1v) is 12.3. The maximum atomic E-state index is 11.7. The van der Waals surface area contributed by atoms with E-state index in [1.807, 2.05) is 51.1 Å². The molecular formula is C26H34Cl2N2O4. The standard InChI is InChI=1S/C26H34Cl2N2O4/c1-25(2,3)23(29-24(32)33)22(17-9-10-19(27)20(28)15-17)21(31)16-30-13-11-26(34,12-14-30)18-7-5-4-6-8-18/h4-10,15,21-23,29,31,34H,11-14,16H2,1-3H3,(H,32,33). The van der Waals surface area contributed by atoms with Crippen molar-refractivity contribution in [3.63, 3.8) is 0 Å². The van der Waals surface area contributed by atoms with Crippen molar-refractivity contribution >= 4 is 29.3 Å². The van der Waals surface area contributed by atoms with Gasteiger partial charge in [0, 0.05) is 31.6 Å². The van der Waals surface area contributed by atoms with Crippen LogP contribution in [0.2, 0.25) is 10.0 Å². The van der Waals surface area contributed by atoms with Crippen molar-refractivity contribution in [1.29, 1.82) is 0 Å². The SMILES string of the molecule is CC(C)(C)C(NC(=O)O)C(c1ccc(Cl)c(Cl)c1)C(O)CN1CCC(O)(c2ccccc2)CC1. The highest BCUT2D eigenvalue weighted by Gasteiger charge is 2.41. The van der Waals surface area contributed by atoms with Crippen LogP contribution in [0.1, 0.15) is 50.7 Å². The summed E-state index contributed by atoms with van der Waals surface area (Å²) in [7, 11) is 0. The van der Waals surface area contributed by atoms with E-state index in [9.17, 15) is 20.1 Å². The van der Waals surface area contributed by atoms with Crippen LogP contribution < -0.4 is 5.32 Å². The van der Waals surface area contributed by atoms with Crippen LogP contribution in [0.3, 0.4) is 0 Å². The van der Waals surface area contributed by atoms with E-state index >= 15 is 0 Å². The van der Waals surface area contributed by atoms with Crippen LogP contribution in [0.5, 0.6) is 0 Å². The summed E-state index contributed by atoms with van der Waals surface area (Å²) in [6, 6.07) is 14.2. The molecule has 1 amide bonds. The lowest BCUT2D eigenvalue weighted by Crippen LogP contribution is -2.53. The summed E-state index contributed by atoms with van der Waals surface area (Å²) in [5.74, 6) is -0.555. The molecule has 2 aromatic carbocycles. The smallest absolute Gasteiger partial charge is 0.404 e. The minimum Gasteiger partial charge on any atom is -0.465 e. The van der Waals surface area contributed by atoms with Crippen molar-refractivity contribution in [2.45, 2.75) is 57.3 Å². The van der Waals surface area contributed by atoms with Gasteiger partial charge in [-0.05, 0) is 41.5 Å². The molecule has 1 fully saturated rings. The number of hydrogen-bond donors (Lipinski definition) is 4. The number of aliphatic hydroxyl groups is 2. The molecule has 34 heavy (non-hydrogen) atoms. The van der Waals surface area contributed by atoms with Crippen molar-refractivity contribution in [3.8, 4) is 0 Å². The predicted octanol–water partition coefficient (Wildman–Crippen LogP) is 5.10. The van der Waals surface area contributed by atoms with E-state index in [1.165, 1.54) is 0 Å². The number of amides is 1. The first-order valence-electron chi connectivity index (χ1n) is 11.5. The minimum atomic E-state index is -1.15. The van der Waals surface area contributed by atoms with Gasteiger partial charge in [0.05, 0.1) is 21.8 Å². The van der Waals surface area contributed by atoms with Gasteiger partial charge in [-0.1, -0.05) is 80.4 Å². The Labute approximate surface area is 211 Å². The van der Waals surface area contributed by atoms with Gasteiger partial charge in [0.1, 0.15) is 0 Å². The molecular weight excluding hydrogens is 475 g/mol. The molecule has 6 nitrogen and oxygen atoms in total. The Morgan fingerprint density at radius 1 is 1.09 bits per heavy atom. The third kappa shape index (κ3) is 6.43. The number of aliphatic hydroxyl groups excluding tert-OH is 1. The lowest BCUT2D eigenvalue weighted by molar-refractivity contribution is -0.0384. The Morgan fingerprint density at radius 2 is 1.71 bits per heavy atom. The van der Waals surface area contributed by atoms with Crippen molar-refractivity contribution in [1.82, 2.24) is 10.2 Å². The second-order valence-corrected chi connectivity index (χ2v) is 11.1. The summed E-state index contributed by atoms with van der Waals surface area (Å²) in [5.41, 5.74) is 0.256. The molecule has 186 valence electrons. The van der Waals surface area contributed by atoms with E-state index in [1.54, 1.807) is 18.2 Å². The molecule has 1 aliphatic heterocycles. The fourth-order valence-corrected chi connectivity index (χ4v) is 5.16. The number of nitrogens with one attached hydrogen (secondary N) is 1. The molecule has 2 aromatic rings. The summed E-state index contributed by atoms with van der Waals surface area (Å²) in [4.78, 5) is 13.8. The second-order valence-electron chi connectivity index (χ2n) is 10.3. The Hall–Kier alpha value is -1.83. The molecule has 4 N–H and O–H groups in total. The monoisotopic (exact) mass is 508 g/mol. The highest BCUT2D eigenvalue weighted by Crippen LogP contribution is 2.38. The zero-order valence-electron chi connectivity index (χ0n) is 19.8. The van der Waals surface area contributed by atoms with Gasteiger partial charge < -0.3 is 25.5 Å². The number of carboxylic acid groups (broad SMARTS) is 1. The van der Waals surface area contributed by atoms with E-state index in [-0.39, 0.29) is 0 Å². The van der Waals surface area contributed by atoms with Crippen molar-refractivity contribution in [2.24, 2.45) is 5.41 Å². The zero-order chi connectivity index (χ0) is 25.1. The molecule has 0 spiro atoms. The minimum absolute atomic E-state index is 0.337. The average molecular weight is 509 g/mol. The van der Waals surface area contributed by atoms with Gasteiger partial charge in [0.2, 0.25) is 0 Å². The fraction of sp³-hybridized carbons (Fsp3) is 0.500. The van der Waals surface area contributed by atoms with Crippen LogP contribution in [-0.4, -0.2) is 58.1 Å². The number of carbonyl (C=O) groups is 1. The maximum Gasteiger partial charge on any atom is 0.404 e. The first kappa shape index (κ1) is 26.8. The summed E-state index contributed by atoms with van der Waals surface area (Å²) in [6.07, 6.45) is -0.923. The highest BCUT2D eigenvalue weighted by molar-refractivity contribution is 6.42. The fourth-order valence-electron chi connectivity index (χ4n) is 4.86. The van der Waals surface area contributed by atoms with Gasteiger partial charge in [-0.3, -0.25) is 0 Å². The van der Waals surface area contributed by atoms with Crippen molar-refractivity contribution in [2.75, 3.05) is 19.6 Å².